The molecule has 0 saturated heterocycles. The molecule has 0 N–H and O–H groups in total. The van der Waals surface area contributed by atoms with Crippen LogP contribution in [0, 0.1) is 6.92 Å². The molecule has 0 heterocycles. The first-order chi connectivity index (χ1) is 7.99. The van der Waals surface area contributed by atoms with Gasteiger partial charge in [-0.15, -0.1) is 0 Å². The van der Waals surface area contributed by atoms with E-state index in [0.29, 0.717) is 6.04 Å². The summed E-state index contributed by atoms with van der Waals surface area (Å²) in [6.45, 7) is 6.23. The molecule has 1 rings (SSSR count). The number of carbonyl (C=O) groups is 1. The molecule has 0 aromatic heterocycles. The molecule has 2 nitrogen and oxygen atoms in total. The molecule has 0 saturated carbocycles. The van der Waals surface area contributed by atoms with Crippen LogP contribution in [0.1, 0.15) is 42.6 Å². The minimum atomic E-state index is 0.100. The molecule has 1 amide bonds. The Hall–Kier alpha value is -0.830. The van der Waals surface area contributed by atoms with Crippen LogP contribution < -0.4 is 0 Å². The van der Waals surface area contributed by atoms with Gasteiger partial charge in [0, 0.05) is 23.1 Å². The molecular weight excluding hydrogens is 278 g/mol. The first kappa shape index (κ1) is 14.2. The minimum Gasteiger partial charge on any atom is -0.339 e. The zero-order chi connectivity index (χ0) is 13.0. The molecule has 17 heavy (non-hydrogen) atoms. The zero-order valence-electron chi connectivity index (χ0n) is 11.0. The summed E-state index contributed by atoms with van der Waals surface area (Å²) in [7, 11) is 1.89. The predicted molar refractivity (Wildman–Crippen MR) is 75.3 cm³/mol. The van der Waals surface area contributed by atoms with Crippen molar-refractivity contribution in [1.29, 1.82) is 0 Å². The number of hydrogen-bond donors (Lipinski definition) is 0. The molecule has 0 spiro atoms. The van der Waals surface area contributed by atoms with Crippen molar-refractivity contribution >= 4 is 21.8 Å². The lowest BCUT2D eigenvalue weighted by molar-refractivity contribution is 0.0723. The van der Waals surface area contributed by atoms with E-state index in [4.69, 9.17) is 0 Å². The fourth-order valence-corrected chi connectivity index (χ4v) is 2.67. The molecular formula is C14H20BrNO. The maximum atomic E-state index is 12.3. The topological polar surface area (TPSA) is 20.3 Å². The molecule has 3 heteroatoms. The summed E-state index contributed by atoms with van der Waals surface area (Å²) in [5.74, 6) is 0.100. The highest BCUT2D eigenvalue weighted by atomic mass is 79.9. The molecule has 0 radical (unpaired) electrons. The standard InChI is InChI=1S/C14H20BrNO/c1-5-13(6-2)16(4)14(17)11-7-10(3)8-12(15)9-11/h7-9,13H,5-6H2,1-4H3. The maximum Gasteiger partial charge on any atom is 0.253 e. The van der Waals surface area contributed by atoms with Crippen LogP contribution in [0.4, 0.5) is 0 Å². The number of nitrogens with zero attached hydrogens (tertiary/aromatic N) is 1. The fraction of sp³-hybridized carbons (Fsp3) is 0.500. The lowest BCUT2D eigenvalue weighted by atomic mass is 10.1. The number of hydrogen-bond acceptors (Lipinski definition) is 1. The third-order valence-electron chi connectivity index (χ3n) is 3.10. The van der Waals surface area contributed by atoms with Crippen LogP contribution in [0.25, 0.3) is 0 Å². The molecule has 0 aliphatic heterocycles. The number of aryl methyl sites for hydroxylation is 1. The zero-order valence-corrected chi connectivity index (χ0v) is 12.5. The molecule has 94 valence electrons. The van der Waals surface area contributed by atoms with E-state index in [-0.39, 0.29) is 5.91 Å². The highest BCUT2D eigenvalue weighted by Crippen LogP contribution is 2.18. The van der Waals surface area contributed by atoms with Crippen molar-refractivity contribution in [3.63, 3.8) is 0 Å². The Balaban J connectivity index is 2.95. The van der Waals surface area contributed by atoms with Gasteiger partial charge in [0.15, 0.2) is 0 Å². The monoisotopic (exact) mass is 297 g/mol. The molecule has 0 aliphatic rings. The molecule has 0 bridgehead atoms. The Morgan fingerprint density at radius 1 is 1.29 bits per heavy atom. The van der Waals surface area contributed by atoms with Gasteiger partial charge < -0.3 is 4.90 Å². The molecule has 0 fully saturated rings. The average Bonchev–Trinajstić information content (AvgIpc) is 2.28. The summed E-state index contributed by atoms with van der Waals surface area (Å²) in [5.41, 5.74) is 1.85. The van der Waals surface area contributed by atoms with Gasteiger partial charge in [-0.25, -0.2) is 0 Å². The lowest BCUT2D eigenvalue weighted by Gasteiger charge is -2.26. The van der Waals surface area contributed by atoms with E-state index in [1.807, 2.05) is 37.1 Å². The Kier molecular flexibility index (Phi) is 5.19. The molecule has 1 aromatic rings. The lowest BCUT2D eigenvalue weighted by Crippen LogP contribution is -2.36. The second-order valence-corrected chi connectivity index (χ2v) is 5.32. The van der Waals surface area contributed by atoms with E-state index in [0.717, 1.165) is 28.4 Å². The van der Waals surface area contributed by atoms with E-state index in [2.05, 4.69) is 29.8 Å². The first-order valence-electron chi connectivity index (χ1n) is 6.03. The molecule has 1 aromatic carbocycles. The van der Waals surface area contributed by atoms with Crippen LogP contribution in [0.15, 0.2) is 22.7 Å². The van der Waals surface area contributed by atoms with Crippen molar-refractivity contribution in [3.8, 4) is 0 Å². The van der Waals surface area contributed by atoms with Crippen molar-refractivity contribution < 1.29 is 4.79 Å². The van der Waals surface area contributed by atoms with Crippen LogP contribution in [0.2, 0.25) is 0 Å². The summed E-state index contributed by atoms with van der Waals surface area (Å²) in [4.78, 5) is 14.2. The Morgan fingerprint density at radius 2 is 1.88 bits per heavy atom. The van der Waals surface area contributed by atoms with Crippen LogP contribution >= 0.6 is 15.9 Å². The van der Waals surface area contributed by atoms with Crippen LogP contribution in [0.3, 0.4) is 0 Å². The van der Waals surface area contributed by atoms with Gasteiger partial charge in [-0.3, -0.25) is 4.79 Å². The van der Waals surface area contributed by atoms with Gasteiger partial charge in [0.25, 0.3) is 5.91 Å². The van der Waals surface area contributed by atoms with Crippen molar-refractivity contribution in [3.05, 3.63) is 33.8 Å². The smallest absolute Gasteiger partial charge is 0.253 e. The summed E-state index contributed by atoms with van der Waals surface area (Å²) >= 11 is 3.43. The van der Waals surface area contributed by atoms with Crippen molar-refractivity contribution in [1.82, 2.24) is 4.90 Å². The van der Waals surface area contributed by atoms with Crippen molar-refractivity contribution in [2.45, 2.75) is 39.7 Å². The maximum absolute atomic E-state index is 12.3. The van der Waals surface area contributed by atoms with Crippen LogP contribution in [-0.4, -0.2) is 23.9 Å². The molecule has 0 atom stereocenters. The number of halogens is 1. The second-order valence-electron chi connectivity index (χ2n) is 4.40. The highest BCUT2D eigenvalue weighted by molar-refractivity contribution is 9.10. The van der Waals surface area contributed by atoms with Crippen LogP contribution in [-0.2, 0) is 0 Å². The Morgan fingerprint density at radius 3 is 2.35 bits per heavy atom. The molecule has 0 unspecified atom stereocenters. The highest BCUT2D eigenvalue weighted by Gasteiger charge is 2.18. The third-order valence-corrected chi connectivity index (χ3v) is 3.56. The Bertz CT molecular complexity index is 379. The van der Waals surface area contributed by atoms with Gasteiger partial charge in [-0.2, -0.15) is 0 Å². The number of carbonyl (C=O) groups excluding carboxylic acids is 1. The largest absolute Gasteiger partial charge is 0.339 e. The van der Waals surface area contributed by atoms with E-state index < -0.39 is 0 Å². The summed E-state index contributed by atoms with van der Waals surface area (Å²) in [6, 6.07) is 6.15. The van der Waals surface area contributed by atoms with E-state index >= 15 is 0 Å². The van der Waals surface area contributed by atoms with E-state index in [1.165, 1.54) is 0 Å². The SMILES string of the molecule is CCC(CC)N(C)C(=O)c1cc(C)cc(Br)c1. The normalized spacial score (nSPS) is 10.7. The second kappa shape index (κ2) is 6.20. The molecule has 0 aliphatic carbocycles. The fourth-order valence-electron chi connectivity index (χ4n) is 2.07. The Labute approximate surface area is 112 Å². The third kappa shape index (κ3) is 3.56. The summed E-state index contributed by atoms with van der Waals surface area (Å²) < 4.78 is 0.957. The van der Waals surface area contributed by atoms with Crippen molar-refractivity contribution in [2.75, 3.05) is 7.05 Å². The van der Waals surface area contributed by atoms with E-state index in [1.54, 1.807) is 0 Å². The number of rotatable bonds is 4. The van der Waals surface area contributed by atoms with Gasteiger partial charge >= 0.3 is 0 Å². The van der Waals surface area contributed by atoms with Gasteiger partial charge in [-0.05, 0) is 43.5 Å². The van der Waals surface area contributed by atoms with Gasteiger partial charge in [-0.1, -0.05) is 29.8 Å². The number of benzene rings is 1. The first-order valence-corrected chi connectivity index (χ1v) is 6.83. The van der Waals surface area contributed by atoms with Crippen molar-refractivity contribution in [2.24, 2.45) is 0 Å². The van der Waals surface area contributed by atoms with E-state index in [9.17, 15) is 4.79 Å². The van der Waals surface area contributed by atoms with Crippen LogP contribution in [0.5, 0.6) is 0 Å². The van der Waals surface area contributed by atoms with Gasteiger partial charge in [0.05, 0.1) is 0 Å². The summed E-state index contributed by atoms with van der Waals surface area (Å²) in [5, 5.41) is 0. The minimum absolute atomic E-state index is 0.100. The summed E-state index contributed by atoms with van der Waals surface area (Å²) in [6.07, 6.45) is 1.98. The quantitative estimate of drug-likeness (QED) is 0.822. The predicted octanol–water partition coefficient (Wildman–Crippen LogP) is 4.02. The van der Waals surface area contributed by atoms with Gasteiger partial charge in [0.2, 0.25) is 0 Å². The average molecular weight is 298 g/mol. The number of amides is 1. The van der Waals surface area contributed by atoms with Gasteiger partial charge in [0.1, 0.15) is 0 Å².